The fraction of sp³-hybridized carbons (Fsp3) is 0.235. The highest BCUT2D eigenvalue weighted by Gasteiger charge is 2.02. The van der Waals surface area contributed by atoms with Gasteiger partial charge in [0.2, 0.25) is 0 Å². The van der Waals surface area contributed by atoms with Gasteiger partial charge in [0.15, 0.2) is 0 Å². The third-order valence-electron chi connectivity index (χ3n) is 3.03. The summed E-state index contributed by atoms with van der Waals surface area (Å²) in [6.07, 6.45) is 0.976. The summed E-state index contributed by atoms with van der Waals surface area (Å²) in [5, 5.41) is 8.80. The first kappa shape index (κ1) is 14.9. The minimum Gasteiger partial charge on any atom is -0.490 e. The lowest BCUT2D eigenvalue weighted by molar-refractivity contribution is 0.0697. The molecule has 1 N–H and O–H groups in total. The van der Waals surface area contributed by atoms with Crippen LogP contribution >= 0.6 is 0 Å². The van der Waals surface area contributed by atoms with Crippen molar-refractivity contribution in [3.63, 3.8) is 0 Å². The van der Waals surface area contributed by atoms with Crippen LogP contribution in [0.3, 0.4) is 0 Å². The zero-order valence-corrected chi connectivity index (χ0v) is 11.9. The van der Waals surface area contributed by atoms with E-state index in [4.69, 9.17) is 14.6 Å². The average Bonchev–Trinajstić information content (AvgIpc) is 2.52. The molecule has 110 valence electrons. The summed E-state index contributed by atoms with van der Waals surface area (Å²) in [5.74, 6) is 0.519. The lowest BCUT2D eigenvalue weighted by atomic mass is 10.2. The molecule has 0 heterocycles. The summed E-state index contributed by atoms with van der Waals surface area (Å²) in [6, 6.07) is 14.3. The Hall–Kier alpha value is -2.49. The van der Waals surface area contributed by atoms with E-state index in [1.54, 1.807) is 12.1 Å². The second-order valence-electron chi connectivity index (χ2n) is 4.53. The van der Waals surface area contributed by atoms with E-state index in [1.165, 1.54) is 17.7 Å². The fourth-order valence-corrected chi connectivity index (χ4v) is 1.87. The van der Waals surface area contributed by atoms with Gasteiger partial charge in [0.05, 0.1) is 5.56 Å². The predicted octanol–water partition coefficient (Wildman–Crippen LogP) is 3.41. The zero-order valence-electron chi connectivity index (χ0n) is 11.9. The molecule has 0 aliphatic heterocycles. The van der Waals surface area contributed by atoms with Crippen LogP contribution in [-0.2, 0) is 6.42 Å². The van der Waals surface area contributed by atoms with Crippen LogP contribution in [0.5, 0.6) is 11.5 Å². The molecule has 0 bridgehead atoms. The molecule has 4 nitrogen and oxygen atoms in total. The van der Waals surface area contributed by atoms with Crippen molar-refractivity contribution in [1.82, 2.24) is 0 Å². The van der Waals surface area contributed by atoms with Gasteiger partial charge in [-0.15, -0.1) is 0 Å². The molecule has 0 aliphatic rings. The minimum atomic E-state index is -0.944. The Bertz CT molecular complexity index is 590. The molecule has 0 saturated heterocycles. The fourth-order valence-electron chi connectivity index (χ4n) is 1.87. The maximum absolute atomic E-state index is 10.7. The van der Waals surface area contributed by atoms with Crippen molar-refractivity contribution in [2.75, 3.05) is 13.2 Å². The first-order valence-corrected chi connectivity index (χ1v) is 6.87. The number of hydrogen-bond donors (Lipinski definition) is 1. The number of aromatic carboxylic acids is 1. The molecule has 2 aromatic carbocycles. The Labute approximate surface area is 123 Å². The molecular weight excluding hydrogens is 268 g/mol. The van der Waals surface area contributed by atoms with E-state index in [0.29, 0.717) is 19.0 Å². The monoisotopic (exact) mass is 286 g/mol. The van der Waals surface area contributed by atoms with Gasteiger partial charge in [0, 0.05) is 0 Å². The molecular formula is C17H18O4. The van der Waals surface area contributed by atoms with Gasteiger partial charge < -0.3 is 14.6 Å². The number of benzene rings is 2. The first-order chi connectivity index (χ1) is 10.2. The van der Waals surface area contributed by atoms with Crippen LogP contribution in [0.15, 0.2) is 48.5 Å². The molecule has 0 atom stereocenters. The van der Waals surface area contributed by atoms with E-state index in [-0.39, 0.29) is 5.56 Å². The van der Waals surface area contributed by atoms with Gasteiger partial charge >= 0.3 is 5.97 Å². The molecule has 0 saturated carbocycles. The zero-order chi connectivity index (χ0) is 15.1. The van der Waals surface area contributed by atoms with Crippen LogP contribution in [0.25, 0.3) is 0 Å². The molecule has 0 aliphatic carbocycles. The maximum atomic E-state index is 10.7. The molecule has 2 rings (SSSR count). The largest absolute Gasteiger partial charge is 0.490 e. The van der Waals surface area contributed by atoms with Crippen molar-refractivity contribution >= 4 is 5.97 Å². The number of carbonyl (C=O) groups is 1. The summed E-state index contributed by atoms with van der Waals surface area (Å²) in [4.78, 5) is 10.7. The number of aryl methyl sites for hydroxylation is 1. The average molecular weight is 286 g/mol. The molecule has 4 heteroatoms. The van der Waals surface area contributed by atoms with Gasteiger partial charge in [-0.1, -0.05) is 19.1 Å². The van der Waals surface area contributed by atoms with Crippen molar-refractivity contribution in [1.29, 1.82) is 0 Å². The van der Waals surface area contributed by atoms with Gasteiger partial charge in [0.25, 0.3) is 0 Å². The van der Waals surface area contributed by atoms with Gasteiger partial charge in [-0.05, 0) is 48.4 Å². The van der Waals surface area contributed by atoms with Crippen LogP contribution in [-0.4, -0.2) is 24.3 Å². The lowest BCUT2D eigenvalue weighted by Crippen LogP contribution is -2.09. The summed E-state index contributed by atoms with van der Waals surface area (Å²) >= 11 is 0. The highest BCUT2D eigenvalue weighted by molar-refractivity contribution is 5.87. The lowest BCUT2D eigenvalue weighted by Gasteiger charge is -2.09. The normalized spacial score (nSPS) is 10.1. The summed E-state index contributed by atoms with van der Waals surface area (Å²) in [7, 11) is 0. The van der Waals surface area contributed by atoms with E-state index in [9.17, 15) is 4.79 Å². The second-order valence-corrected chi connectivity index (χ2v) is 4.53. The number of ether oxygens (including phenoxy) is 2. The van der Waals surface area contributed by atoms with E-state index in [0.717, 1.165) is 12.2 Å². The maximum Gasteiger partial charge on any atom is 0.335 e. The Balaban J connectivity index is 1.77. The molecule has 0 amide bonds. The second kappa shape index (κ2) is 7.33. The van der Waals surface area contributed by atoms with Crippen molar-refractivity contribution in [2.24, 2.45) is 0 Å². The molecule has 0 unspecified atom stereocenters. The van der Waals surface area contributed by atoms with Gasteiger partial charge in [-0.2, -0.15) is 0 Å². The summed E-state index contributed by atoms with van der Waals surface area (Å²) in [6.45, 7) is 2.94. The SMILES string of the molecule is CCc1cccc(OCCOc2ccc(C(=O)O)cc2)c1. The molecule has 0 spiro atoms. The molecule has 0 aromatic heterocycles. The first-order valence-electron chi connectivity index (χ1n) is 6.87. The van der Waals surface area contributed by atoms with Crippen LogP contribution in [0.1, 0.15) is 22.8 Å². The van der Waals surface area contributed by atoms with Crippen LogP contribution < -0.4 is 9.47 Å². The topological polar surface area (TPSA) is 55.8 Å². The Morgan fingerprint density at radius 2 is 1.67 bits per heavy atom. The third kappa shape index (κ3) is 4.53. The van der Waals surface area contributed by atoms with Crippen LogP contribution in [0.4, 0.5) is 0 Å². The Kier molecular flexibility index (Phi) is 5.21. The van der Waals surface area contributed by atoms with E-state index in [2.05, 4.69) is 13.0 Å². The smallest absolute Gasteiger partial charge is 0.335 e. The van der Waals surface area contributed by atoms with Crippen LogP contribution in [0.2, 0.25) is 0 Å². The van der Waals surface area contributed by atoms with Gasteiger partial charge in [-0.3, -0.25) is 0 Å². The Morgan fingerprint density at radius 1 is 1.00 bits per heavy atom. The third-order valence-corrected chi connectivity index (χ3v) is 3.03. The molecule has 0 radical (unpaired) electrons. The van der Waals surface area contributed by atoms with Crippen molar-refractivity contribution in [3.8, 4) is 11.5 Å². The van der Waals surface area contributed by atoms with Gasteiger partial charge in [0.1, 0.15) is 24.7 Å². The quantitative estimate of drug-likeness (QED) is 0.792. The Morgan fingerprint density at radius 3 is 2.29 bits per heavy atom. The highest BCUT2D eigenvalue weighted by atomic mass is 16.5. The van der Waals surface area contributed by atoms with E-state index in [1.807, 2.05) is 18.2 Å². The van der Waals surface area contributed by atoms with E-state index < -0.39 is 5.97 Å². The van der Waals surface area contributed by atoms with Crippen molar-refractivity contribution in [3.05, 3.63) is 59.7 Å². The highest BCUT2D eigenvalue weighted by Crippen LogP contribution is 2.14. The summed E-state index contributed by atoms with van der Waals surface area (Å²) < 4.78 is 11.1. The van der Waals surface area contributed by atoms with Crippen molar-refractivity contribution in [2.45, 2.75) is 13.3 Å². The minimum absolute atomic E-state index is 0.245. The molecule has 21 heavy (non-hydrogen) atoms. The number of carboxylic acids is 1. The number of rotatable bonds is 7. The molecule has 0 fully saturated rings. The predicted molar refractivity (Wildman–Crippen MR) is 80.2 cm³/mol. The van der Waals surface area contributed by atoms with Gasteiger partial charge in [-0.25, -0.2) is 4.79 Å². The van der Waals surface area contributed by atoms with E-state index >= 15 is 0 Å². The van der Waals surface area contributed by atoms with Crippen LogP contribution in [0, 0.1) is 0 Å². The number of hydrogen-bond acceptors (Lipinski definition) is 3. The summed E-state index contributed by atoms with van der Waals surface area (Å²) in [5.41, 5.74) is 1.48. The molecule has 2 aromatic rings. The van der Waals surface area contributed by atoms with Crippen molar-refractivity contribution < 1.29 is 19.4 Å². The number of carboxylic acid groups (broad SMARTS) is 1. The standard InChI is InChI=1S/C17H18O4/c1-2-13-4-3-5-16(12-13)21-11-10-20-15-8-6-14(7-9-15)17(18)19/h3-9,12H,2,10-11H2,1H3,(H,18,19).